The van der Waals surface area contributed by atoms with Crippen LogP contribution in [0.25, 0.3) is 0 Å². The lowest BCUT2D eigenvalue weighted by Gasteiger charge is -2.14. The molecule has 2 aromatic carbocycles. The first-order chi connectivity index (χ1) is 12.4. The summed E-state index contributed by atoms with van der Waals surface area (Å²) in [5.74, 6) is 0.672. The van der Waals surface area contributed by atoms with Crippen LogP contribution in [0.1, 0.15) is 17.5 Å². The zero-order valence-electron chi connectivity index (χ0n) is 15.6. The van der Waals surface area contributed by atoms with Gasteiger partial charge >= 0.3 is 0 Å². The van der Waals surface area contributed by atoms with Crippen molar-refractivity contribution in [2.75, 3.05) is 37.4 Å². The lowest BCUT2D eigenvalue weighted by molar-refractivity contribution is 0.198. The van der Waals surface area contributed by atoms with Crippen molar-refractivity contribution in [3.05, 3.63) is 47.5 Å². The van der Waals surface area contributed by atoms with E-state index in [9.17, 15) is 8.42 Å². The van der Waals surface area contributed by atoms with E-state index in [2.05, 4.69) is 10.0 Å². The van der Waals surface area contributed by atoms with Gasteiger partial charge in [0.1, 0.15) is 5.75 Å². The Morgan fingerprint density at radius 1 is 0.962 bits per heavy atom. The third-order valence-corrected chi connectivity index (χ3v) is 5.50. The molecule has 0 radical (unpaired) electrons. The van der Waals surface area contributed by atoms with Crippen LogP contribution in [0.15, 0.2) is 41.3 Å². The van der Waals surface area contributed by atoms with E-state index in [4.69, 9.17) is 9.47 Å². The van der Waals surface area contributed by atoms with Gasteiger partial charge in [0, 0.05) is 31.6 Å². The Kier molecular flexibility index (Phi) is 6.88. The van der Waals surface area contributed by atoms with Gasteiger partial charge < -0.3 is 14.8 Å². The van der Waals surface area contributed by atoms with Crippen LogP contribution in [0.3, 0.4) is 0 Å². The summed E-state index contributed by atoms with van der Waals surface area (Å²) < 4.78 is 38.3. The van der Waals surface area contributed by atoms with Crippen LogP contribution in [-0.4, -0.2) is 35.8 Å². The number of anilines is 2. The fourth-order valence-electron chi connectivity index (χ4n) is 2.59. The molecule has 26 heavy (non-hydrogen) atoms. The van der Waals surface area contributed by atoms with E-state index in [1.807, 2.05) is 19.1 Å². The molecular formula is C19H26N2O4S. The first-order valence-electron chi connectivity index (χ1n) is 8.38. The molecule has 0 spiro atoms. The standard InChI is InChI=1S/C19H26N2O4S/c1-14-13-19(15(2)12-18(14)25-4)26(22,23)21-17-8-6-16(7-9-17)20-10-5-11-24-3/h6-9,12-13,20-21H,5,10-11H2,1-4H3. The number of hydrogen-bond acceptors (Lipinski definition) is 5. The molecule has 2 N–H and O–H groups in total. The molecule has 0 aliphatic heterocycles. The highest BCUT2D eigenvalue weighted by atomic mass is 32.2. The topological polar surface area (TPSA) is 76.7 Å². The Morgan fingerprint density at radius 3 is 2.23 bits per heavy atom. The van der Waals surface area contributed by atoms with Gasteiger partial charge in [0.25, 0.3) is 10.0 Å². The number of methoxy groups -OCH3 is 2. The van der Waals surface area contributed by atoms with Gasteiger partial charge in [0.15, 0.2) is 0 Å². The molecule has 0 fully saturated rings. The highest BCUT2D eigenvalue weighted by Gasteiger charge is 2.19. The number of aryl methyl sites for hydroxylation is 2. The zero-order chi connectivity index (χ0) is 19.2. The van der Waals surface area contributed by atoms with Crippen LogP contribution >= 0.6 is 0 Å². The molecule has 7 heteroatoms. The molecule has 2 rings (SSSR count). The van der Waals surface area contributed by atoms with Gasteiger partial charge in [-0.2, -0.15) is 0 Å². The van der Waals surface area contributed by atoms with E-state index >= 15 is 0 Å². The lowest BCUT2D eigenvalue weighted by Crippen LogP contribution is -2.14. The van der Waals surface area contributed by atoms with E-state index in [0.29, 0.717) is 23.6 Å². The molecule has 0 aromatic heterocycles. The van der Waals surface area contributed by atoms with Crippen molar-refractivity contribution in [1.82, 2.24) is 0 Å². The van der Waals surface area contributed by atoms with Gasteiger partial charge in [-0.1, -0.05) is 0 Å². The number of hydrogen-bond donors (Lipinski definition) is 2. The predicted octanol–water partition coefficient (Wildman–Crippen LogP) is 3.56. The number of ether oxygens (including phenoxy) is 2. The maximum absolute atomic E-state index is 12.7. The fourth-order valence-corrected chi connectivity index (χ4v) is 3.96. The minimum atomic E-state index is -3.67. The van der Waals surface area contributed by atoms with Crippen molar-refractivity contribution in [1.29, 1.82) is 0 Å². The molecule has 0 unspecified atom stereocenters. The largest absolute Gasteiger partial charge is 0.496 e. The maximum Gasteiger partial charge on any atom is 0.262 e. The summed E-state index contributed by atoms with van der Waals surface area (Å²) >= 11 is 0. The molecule has 0 aliphatic rings. The molecular weight excluding hydrogens is 352 g/mol. The summed E-state index contributed by atoms with van der Waals surface area (Å²) in [6.07, 6.45) is 0.904. The third-order valence-electron chi connectivity index (χ3n) is 3.97. The number of benzene rings is 2. The van der Waals surface area contributed by atoms with Gasteiger partial charge in [0.05, 0.1) is 12.0 Å². The molecule has 2 aromatic rings. The second kappa shape index (κ2) is 8.91. The van der Waals surface area contributed by atoms with Crippen molar-refractivity contribution in [2.24, 2.45) is 0 Å². The normalized spacial score (nSPS) is 11.2. The second-order valence-corrected chi connectivity index (χ2v) is 7.69. The molecule has 0 bridgehead atoms. The average molecular weight is 378 g/mol. The van der Waals surface area contributed by atoms with Crippen LogP contribution in [0.4, 0.5) is 11.4 Å². The van der Waals surface area contributed by atoms with Crippen molar-refractivity contribution >= 4 is 21.4 Å². The molecule has 0 heterocycles. The Morgan fingerprint density at radius 2 is 1.62 bits per heavy atom. The number of rotatable bonds is 9. The van der Waals surface area contributed by atoms with Crippen molar-refractivity contribution in [3.8, 4) is 5.75 Å². The van der Waals surface area contributed by atoms with Gasteiger partial charge in [-0.3, -0.25) is 4.72 Å². The van der Waals surface area contributed by atoms with Gasteiger partial charge in [0.2, 0.25) is 0 Å². The van der Waals surface area contributed by atoms with Gasteiger partial charge in [-0.15, -0.1) is 0 Å². The van der Waals surface area contributed by atoms with Crippen molar-refractivity contribution in [2.45, 2.75) is 25.2 Å². The predicted molar refractivity (Wildman–Crippen MR) is 105 cm³/mol. The van der Waals surface area contributed by atoms with Crippen LogP contribution in [0, 0.1) is 13.8 Å². The molecule has 0 aliphatic carbocycles. The van der Waals surface area contributed by atoms with E-state index < -0.39 is 10.0 Å². The SMILES string of the molecule is COCCCNc1ccc(NS(=O)(=O)c2cc(C)c(OC)cc2C)cc1. The Balaban J connectivity index is 2.11. The highest BCUT2D eigenvalue weighted by Crippen LogP contribution is 2.27. The van der Waals surface area contributed by atoms with E-state index in [1.165, 1.54) is 0 Å². The lowest BCUT2D eigenvalue weighted by atomic mass is 10.1. The number of sulfonamides is 1. The van der Waals surface area contributed by atoms with E-state index in [-0.39, 0.29) is 4.90 Å². The van der Waals surface area contributed by atoms with Crippen LogP contribution < -0.4 is 14.8 Å². The smallest absolute Gasteiger partial charge is 0.262 e. The second-order valence-electron chi connectivity index (χ2n) is 6.04. The highest BCUT2D eigenvalue weighted by molar-refractivity contribution is 7.92. The minimum absolute atomic E-state index is 0.248. The monoisotopic (exact) mass is 378 g/mol. The van der Waals surface area contributed by atoms with Crippen molar-refractivity contribution in [3.63, 3.8) is 0 Å². The summed E-state index contributed by atoms with van der Waals surface area (Å²) in [5.41, 5.74) is 2.85. The molecule has 6 nitrogen and oxygen atoms in total. The van der Waals surface area contributed by atoms with Crippen LogP contribution in [0.5, 0.6) is 5.75 Å². The zero-order valence-corrected chi connectivity index (χ0v) is 16.4. The summed E-state index contributed by atoms with van der Waals surface area (Å²) in [5, 5.41) is 3.26. The van der Waals surface area contributed by atoms with E-state index in [1.54, 1.807) is 45.4 Å². The molecule has 0 atom stereocenters. The molecule has 0 saturated carbocycles. The summed E-state index contributed by atoms with van der Waals surface area (Å²) in [6, 6.07) is 10.5. The summed E-state index contributed by atoms with van der Waals surface area (Å²) in [6.45, 7) is 5.07. The number of nitrogens with one attached hydrogen (secondary N) is 2. The summed E-state index contributed by atoms with van der Waals surface area (Å²) in [4.78, 5) is 0.248. The maximum atomic E-state index is 12.7. The first kappa shape index (κ1) is 20.1. The van der Waals surface area contributed by atoms with Crippen molar-refractivity contribution < 1.29 is 17.9 Å². The van der Waals surface area contributed by atoms with Gasteiger partial charge in [-0.25, -0.2) is 8.42 Å². The van der Waals surface area contributed by atoms with Gasteiger partial charge in [-0.05, 0) is 67.8 Å². The molecule has 142 valence electrons. The first-order valence-corrected chi connectivity index (χ1v) is 9.86. The Labute approximate surface area is 155 Å². The molecule has 0 amide bonds. The minimum Gasteiger partial charge on any atom is -0.496 e. The van der Waals surface area contributed by atoms with E-state index in [0.717, 1.165) is 24.2 Å². The Bertz CT molecular complexity index is 833. The molecule has 0 saturated heterocycles. The third kappa shape index (κ3) is 5.12. The Hall–Kier alpha value is -2.25. The summed E-state index contributed by atoms with van der Waals surface area (Å²) in [7, 11) is -0.429. The van der Waals surface area contributed by atoms with Crippen LogP contribution in [0.2, 0.25) is 0 Å². The van der Waals surface area contributed by atoms with Crippen LogP contribution in [-0.2, 0) is 14.8 Å². The quantitative estimate of drug-likeness (QED) is 0.653. The average Bonchev–Trinajstić information content (AvgIpc) is 2.61. The fraction of sp³-hybridized carbons (Fsp3) is 0.368.